The van der Waals surface area contributed by atoms with E-state index in [0.717, 1.165) is 37.8 Å². The summed E-state index contributed by atoms with van der Waals surface area (Å²) in [5.41, 5.74) is 6.24. The number of hydrogen-bond donors (Lipinski definition) is 2. The normalized spacial score (nSPS) is 17.1. The molecule has 0 aliphatic carbocycles. The predicted molar refractivity (Wildman–Crippen MR) is 102 cm³/mol. The second-order valence-electron chi connectivity index (χ2n) is 6.62. The van der Waals surface area contributed by atoms with Crippen LogP contribution in [0.5, 0.6) is 0 Å². The van der Waals surface area contributed by atoms with E-state index in [-0.39, 0.29) is 30.3 Å². The van der Waals surface area contributed by atoms with Gasteiger partial charge < -0.3 is 20.5 Å². The molecular formula is C18H31ClN4O3. The van der Waals surface area contributed by atoms with Gasteiger partial charge in [0.05, 0.1) is 5.69 Å². The number of likely N-dealkylation sites (tertiary alicyclic amines) is 1. The Labute approximate surface area is 161 Å². The summed E-state index contributed by atoms with van der Waals surface area (Å²) in [6, 6.07) is 1.77. The van der Waals surface area contributed by atoms with Gasteiger partial charge >= 0.3 is 0 Å². The fourth-order valence-corrected chi connectivity index (χ4v) is 3.36. The number of hydrogen-bond acceptors (Lipinski definition) is 5. The van der Waals surface area contributed by atoms with E-state index in [1.54, 1.807) is 6.07 Å². The molecule has 8 heteroatoms. The van der Waals surface area contributed by atoms with Crippen molar-refractivity contribution in [3.8, 4) is 0 Å². The SMILES string of the molecule is CCC(CC)c1cc(C(=O)N2CCCCC2CNC(=O)CCN)on1.Cl. The highest BCUT2D eigenvalue weighted by molar-refractivity contribution is 5.91. The van der Waals surface area contributed by atoms with Crippen LogP contribution in [0.4, 0.5) is 0 Å². The third kappa shape index (κ3) is 5.71. The Morgan fingerprint density at radius 2 is 2.12 bits per heavy atom. The summed E-state index contributed by atoms with van der Waals surface area (Å²) in [6.45, 7) is 5.68. The molecule has 148 valence electrons. The monoisotopic (exact) mass is 386 g/mol. The number of piperidine rings is 1. The van der Waals surface area contributed by atoms with Crippen LogP contribution in [-0.4, -0.2) is 47.5 Å². The van der Waals surface area contributed by atoms with Crippen LogP contribution >= 0.6 is 12.4 Å². The van der Waals surface area contributed by atoms with Crippen LogP contribution in [0.15, 0.2) is 10.6 Å². The third-order valence-corrected chi connectivity index (χ3v) is 4.94. The Kier molecular flexibility index (Phi) is 9.65. The number of rotatable bonds is 8. The first-order chi connectivity index (χ1) is 12.1. The molecule has 7 nitrogen and oxygen atoms in total. The zero-order valence-corrected chi connectivity index (χ0v) is 16.5. The minimum Gasteiger partial charge on any atom is -0.354 e. The van der Waals surface area contributed by atoms with Crippen LogP contribution in [0.3, 0.4) is 0 Å². The Morgan fingerprint density at radius 1 is 1.38 bits per heavy atom. The quantitative estimate of drug-likeness (QED) is 0.714. The molecule has 0 saturated carbocycles. The molecule has 1 aliphatic rings. The number of amides is 2. The van der Waals surface area contributed by atoms with Crippen molar-refractivity contribution in [2.75, 3.05) is 19.6 Å². The lowest BCUT2D eigenvalue weighted by molar-refractivity contribution is -0.121. The minimum atomic E-state index is -0.137. The van der Waals surface area contributed by atoms with Gasteiger partial charge in [0.25, 0.3) is 5.91 Å². The number of nitrogens with one attached hydrogen (secondary N) is 1. The first kappa shape index (κ1) is 22.4. The van der Waals surface area contributed by atoms with Gasteiger partial charge in [-0.25, -0.2) is 0 Å². The second kappa shape index (κ2) is 11.2. The van der Waals surface area contributed by atoms with E-state index in [1.165, 1.54) is 0 Å². The third-order valence-electron chi connectivity index (χ3n) is 4.94. The molecule has 0 radical (unpaired) electrons. The lowest BCUT2D eigenvalue weighted by atomic mass is 9.99. The highest BCUT2D eigenvalue weighted by atomic mass is 35.5. The van der Waals surface area contributed by atoms with Crippen molar-refractivity contribution in [2.45, 2.75) is 64.3 Å². The molecule has 1 unspecified atom stereocenters. The molecule has 0 aromatic carbocycles. The van der Waals surface area contributed by atoms with E-state index in [9.17, 15) is 9.59 Å². The average molecular weight is 387 g/mol. The van der Waals surface area contributed by atoms with Crippen molar-refractivity contribution >= 4 is 24.2 Å². The van der Waals surface area contributed by atoms with Crippen molar-refractivity contribution in [1.29, 1.82) is 0 Å². The number of aromatic nitrogens is 1. The number of carbonyl (C=O) groups excluding carboxylic acids is 2. The van der Waals surface area contributed by atoms with Gasteiger partial charge in [0.2, 0.25) is 11.7 Å². The molecule has 2 heterocycles. The van der Waals surface area contributed by atoms with Gasteiger partial charge in [0.1, 0.15) is 0 Å². The molecule has 1 fully saturated rings. The summed E-state index contributed by atoms with van der Waals surface area (Å²) >= 11 is 0. The van der Waals surface area contributed by atoms with Crippen LogP contribution in [0, 0.1) is 0 Å². The van der Waals surface area contributed by atoms with Gasteiger partial charge in [0.15, 0.2) is 0 Å². The summed E-state index contributed by atoms with van der Waals surface area (Å²) < 4.78 is 5.33. The van der Waals surface area contributed by atoms with Gasteiger partial charge in [-0.15, -0.1) is 12.4 Å². The first-order valence-electron chi connectivity index (χ1n) is 9.35. The lowest BCUT2D eigenvalue weighted by Crippen LogP contribution is -2.49. The number of halogens is 1. The van der Waals surface area contributed by atoms with Crippen molar-refractivity contribution in [1.82, 2.24) is 15.4 Å². The number of nitrogens with two attached hydrogens (primary N) is 1. The summed E-state index contributed by atoms with van der Waals surface area (Å²) in [5, 5.41) is 6.96. The Morgan fingerprint density at radius 3 is 2.77 bits per heavy atom. The van der Waals surface area contributed by atoms with Crippen molar-refractivity contribution in [3.05, 3.63) is 17.5 Å². The van der Waals surface area contributed by atoms with Crippen LogP contribution in [0.2, 0.25) is 0 Å². The maximum Gasteiger partial charge on any atom is 0.292 e. The van der Waals surface area contributed by atoms with Gasteiger partial charge in [-0.3, -0.25) is 9.59 Å². The van der Waals surface area contributed by atoms with E-state index >= 15 is 0 Å². The second-order valence-corrected chi connectivity index (χ2v) is 6.62. The van der Waals surface area contributed by atoms with Crippen LogP contribution in [0.25, 0.3) is 0 Å². The highest BCUT2D eigenvalue weighted by Crippen LogP contribution is 2.24. The largest absolute Gasteiger partial charge is 0.354 e. The molecule has 26 heavy (non-hydrogen) atoms. The van der Waals surface area contributed by atoms with Crippen LogP contribution in [-0.2, 0) is 4.79 Å². The summed E-state index contributed by atoms with van der Waals surface area (Å²) in [7, 11) is 0. The standard InChI is InChI=1S/C18H30N4O3.ClH/c1-3-13(4-2)15-11-16(25-21-15)18(24)22-10-6-5-7-14(22)12-20-17(23)8-9-19;/h11,13-14H,3-10,12,19H2,1-2H3,(H,20,23);1H. The zero-order chi connectivity index (χ0) is 18.2. The minimum absolute atomic E-state index is 0. The van der Waals surface area contributed by atoms with Crippen molar-refractivity contribution in [2.24, 2.45) is 5.73 Å². The Balaban J connectivity index is 0.00000338. The topological polar surface area (TPSA) is 101 Å². The average Bonchev–Trinajstić information content (AvgIpc) is 3.11. The van der Waals surface area contributed by atoms with Gasteiger partial charge in [-0.05, 0) is 32.1 Å². The van der Waals surface area contributed by atoms with Crippen molar-refractivity contribution < 1.29 is 14.1 Å². The molecular weight excluding hydrogens is 356 g/mol. The molecule has 2 amide bonds. The molecule has 0 bridgehead atoms. The van der Waals surface area contributed by atoms with E-state index in [1.807, 2.05) is 4.90 Å². The Bertz CT molecular complexity index is 575. The van der Waals surface area contributed by atoms with E-state index in [4.69, 9.17) is 10.3 Å². The lowest BCUT2D eigenvalue weighted by Gasteiger charge is -2.35. The zero-order valence-electron chi connectivity index (χ0n) is 15.7. The molecule has 1 atom stereocenters. The molecule has 1 saturated heterocycles. The predicted octanol–water partition coefficient (Wildman–Crippen LogP) is 2.46. The summed E-state index contributed by atoms with van der Waals surface area (Å²) in [6.07, 6.45) is 5.14. The first-order valence-corrected chi connectivity index (χ1v) is 9.35. The van der Waals surface area contributed by atoms with Gasteiger partial charge in [-0.2, -0.15) is 0 Å². The molecule has 1 aliphatic heterocycles. The summed E-state index contributed by atoms with van der Waals surface area (Å²) in [5.74, 6) is 0.402. The van der Waals surface area contributed by atoms with E-state index < -0.39 is 0 Å². The van der Waals surface area contributed by atoms with Gasteiger partial charge in [0, 0.05) is 44.1 Å². The van der Waals surface area contributed by atoms with Crippen LogP contribution in [0.1, 0.15) is 74.5 Å². The molecule has 3 N–H and O–H groups in total. The van der Waals surface area contributed by atoms with Gasteiger partial charge in [-0.1, -0.05) is 19.0 Å². The van der Waals surface area contributed by atoms with Crippen LogP contribution < -0.4 is 11.1 Å². The highest BCUT2D eigenvalue weighted by Gasteiger charge is 2.30. The maximum atomic E-state index is 12.9. The van der Waals surface area contributed by atoms with E-state index in [2.05, 4.69) is 24.3 Å². The molecule has 1 aromatic rings. The molecule has 0 spiro atoms. The fourth-order valence-electron chi connectivity index (χ4n) is 3.36. The number of carbonyl (C=O) groups is 2. The van der Waals surface area contributed by atoms with E-state index in [0.29, 0.717) is 37.7 Å². The fraction of sp³-hybridized carbons (Fsp3) is 0.722. The molecule has 1 aromatic heterocycles. The summed E-state index contributed by atoms with van der Waals surface area (Å²) in [4.78, 5) is 26.3. The maximum absolute atomic E-state index is 12.9. The smallest absolute Gasteiger partial charge is 0.292 e. The van der Waals surface area contributed by atoms with Crippen molar-refractivity contribution in [3.63, 3.8) is 0 Å². The number of nitrogens with zero attached hydrogens (tertiary/aromatic N) is 2. The Hall–Kier alpha value is -1.60. The molecule has 2 rings (SSSR count).